The van der Waals surface area contributed by atoms with E-state index in [1.165, 1.54) is 0 Å². The molecule has 27 heavy (non-hydrogen) atoms. The van der Waals surface area contributed by atoms with E-state index in [2.05, 4.69) is 4.99 Å². The van der Waals surface area contributed by atoms with Crippen molar-refractivity contribution in [2.45, 2.75) is 39.8 Å². The molecule has 0 saturated carbocycles. The van der Waals surface area contributed by atoms with Crippen LogP contribution in [0.3, 0.4) is 0 Å². The highest BCUT2D eigenvalue weighted by Gasteiger charge is 2.38. The number of aliphatic imine (C=N–C) groups is 1. The number of ketones is 1. The Labute approximate surface area is 158 Å². The first kappa shape index (κ1) is 17.3. The summed E-state index contributed by atoms with van der Waals surface area (Å²) in [5.41, 5.74) is 4.13. The molecule has 0 spiro atoms. The number of carbonyl (C=O) groups excluding carboxylic acids is 1. The number of rotatable bonds is 4. The largest absolute Gasteiger partial charge is 0.403 e. The number of carbonyl (C=O) groups is 1. The number of aryl methyl sites for hydroxylation is 1. The van der Waals surface area contributed by atoms with Gasteiger partial charge in [0.05, 0.1) is 11.3 Å². The van der Waals surface area contributed by atoms with Crippen LogP contribution in [0.4, 0.5) is 5.95 Å². The van der Waals surface area contributed by atoms with Crippen molar-refractivity contribution in [1.29, 1.82) is 0 Å². The van der Waals surface area contributed by atoms with Gasteiger partial charge in [-0.2, -0.15) is 4.57 Å². The van der Waals surface area contributed by atoms with E-state index >= 15 is 0 Å². The fourth-order valence-corrected chi connectivity index (χ4v) is 3.73. The quantitative estimate of drug-likeness (QED) is 0.622. The molecule has 1 aromatic carbocycles. The summed E-state index contributed by atoms with van der Waals surface area (Å²) in [5, 5.41) is 0. The molecule has 1 unspecified atom stereocenters. The maximum absolute atomic E-state index is 13.0. The summed E-state index contributed by atoms with van der Waals surface area (Å²) in [6.45, 7) is 6.03. The van der Waals surface area contributed by atoms with E-state index in [4.69, 9.17) is 0 Å². The second kappa shape index (κ2) is 6.58. The molecule has 1 aliphatic heterocycles. The number of aromatic nitrogens is 2. The minimum atomic E-state index is -0.191. The molecule has 2 aromatic rings. The number of allylic oxidation sites excluding steroid dienone is 4. The molecule has 5 heteroatoms. The van der Waals surface area contributed by atoms with Crippen molar-refractivity contribution in [2.24, 2.45) is 4.99 Å². The SMILES string of the molecule is CCc1c(C)[n+](CC(=O)c2ccc(C)cc2)c2n(c1=O)C1C=CC=CC1=N2. The normalized spacial score (nSPS) is 16.9. The van der Waals surface area contributed by atoms with Crippen LogP contribution in [0, 0.1) is 13.8 Å². The van der Waals surface area contributed by atoms with Crippen LogP contribution in [0.2, 0.25) is 0 Å². The first-order chi connectivity index (χ1) is 13.0. The summed E-state index contributed by atoms with van der Waals surface area (Å²) < 4.78 is 3.60. The van der Waals surface area contributed by atoms with Crippen LogP contribution in [0.5, 0.6) is 0 Å². The maximum atomic E-state index is 13.0. The zero-order valence-corrected chi connectivity index (χ0v) is 15.8. The third-order valence-electron chi connectivity index (χ3n) is 5.29. The molecule has 0 N–H and O–H groups in total. The number of Topliss-reactive ketones (excluding diaryl/α,β-unsaturated/α-hetero) is 1. The lowest BCUT2D eigenvalue weighted by Gasteiger charge is -2.14. The number of benzene rings is 1. The average molecular weight is 360 g/mol. The van der Waals surface area contributed by atoms with Gasteiger partial charge in [-0.25, -0.2) is 4.57 Å². The minimum Gasteiger partial charge on any atom is -0.291 e. The molecule has 1 atom stereocenters. The van der Waals surface area contributed by atoms with Gasteiger partial charge in [0.25, 0.3) is 0 Å². The van der Waals surface area contributed by atoms with E-state index in [1.807, 2.05) is 73.9 Å². The predicted octanol–water partition coefficient (Wildman–Crippen LogP) is 2.95. The maximum Gasteiger partial charge on any atom is 0.403 e. The van der Waals surface area contributed by atoms with E-state index < -0.39 is 0 Å². The highest BCUT2D eigenvalue weighted by atomic mass is 16.1. The molecule has 0 fully saturated rings. The fraction of sp³-hybridized carbons (Fsp3) is 0.273. The van der Waals surface area contributed by atoms with Crippen molar-refractivity contribution >= 4 is 17.4 Å². The van der Waals surface area contributed by atoms with Crippen molar-refractivity contribution in [1.82, 2.24) is 4.57 Å². The van der Waals surface area contributed by atoms with Gasteiger partial charge in [0.15, 0.2) is 17.5 Å². The Balaban J connectivity index is 1.85. The van der Waals surface area contributed by atoms with Crippen molar-refractivity contribution < 1.29 is 9.36 Å². The Hall–Kier alpha value is -3.08. The van der Waals surface area contributed by atoms with Crippen LogP contribution in [-0.4, -0.2) is 16.1 Å². The van der Waals surface area contributed by atoms with Gasteiger partial charge in [0, 0.05) is 5.56 Å². The molecule has 0 saturated heterocycles. The molecule has 5 nitrogen and oxygen atoms in total. The third-order valence-corrected chi connectivity index (χ3v) is 5.29. The Morgan fingerprint density at radius 2 is 1.93 bits per heavy atom. The fourth-order valence-electron chi connectivity index (χ4n) is 3.73. The Morgan fingerprint density at radius 1 is 1.19 bits per heavy atom. The molecule has 1 aromatic heterocycles. The van der Waals surface area contributed by atoms with Gasteiger partial charge in [-0.3, -0.25) is 9.59 Å². The molecular weight excluding hydrogens is 338 g/mol. The Morgan fingerprint density at radius 3 is 2.63 bits per heavy atom. The number of hydrogen-bond donors (Lipinski definition) is 0. The zero-order valence-electron chi connectivity index (χ0n) is 15.8. The second-order valence-electron chi connectivity index (χ2n) is 6.99. The van der Waals surface area contributed by atoms with E-state index in [0.29, 0.717) is 17.9 Å². The molecule has 1 aliphatic carbocycles. The first-order valence-corrected chi connectivity index (χ1v) is 9.22. The van der Waals surface area contributed by atoms with Gasteiger partial charge in [-0.05, 0) is 32.4 Å². The minimum absolute atomic E-state index is 0.00718. The van der Waals surface area contributed by atoms with Gasteiger partial charge in [0.2, 0.25) is 0 Å². The Bertz CT molecular complexity index is 1090. The highest BCUT2D eigenvalue weighted by molar-refractivity contribution is 6.03. The van der Waals surface area contributed by atoms with Gasteiger partial charge in [-0.1, -0.05) is 53.9 Å². The van der Waals surface area contributed by atoms with Crippen LogP contribution in [0.25, 0.3) is 0 Å². The Kier molecular flexibility index (Phi) is 4.22. The lowest BCUT2D eigenvalue weighted by Crippen LogP contribution is -2.47. The predicted molar refractivity (Wildman–Crippen MR) is 105 cm³/mol. The molecule has 2 aliphatic rings. The topological polar surface area (TPSA) is 55.3 Å². The third kappa shape index (κ3) is 2.79. The zero-order chi connectivity index (χ0) is 19.1. The summed E-state index contributed by atoms with van der Waals surface area (Å²) in [6.07, 6.45) is 8.35. The van der Waals surface area contributed by atoms with Gasteiger partial charge < -0.3 is 0 Å². The second-order valence-corrected chi connectivity index (χ2v) is 6.99. The van der Waals surface area contributed by atoms with Crippen LogP contribution >= 0.6 is 0 Å². The summed E-state index contributed by atoms with van der Waals surface area (Å²) >= 11 is 0. The first-order valence-electron chi connectivity index (χ1n) is 9.22. The monoisotopic (exact) mass is 360 g/mol. The van der Waals surface area contributed by atoms with E-state index in [-0.39, 0.29) is 23.9 Å². The van der Waals surface area contributed by atoms with E-state index in [1.54, 1.807) is 4.57 Å². The molecule has 136 valence electrons. The molecular formula is C22H22N3O2+. The van der Waals surface area contributed by atoms with Gasteiger partial charge >= 0.3 is 11.5 Å². The molecule has 0 bridgehead atoms. The summed E-state index contributed by atoms with van der Waals surface area (Å²) in [5.74, 6) is 0.555. The molecule has 2 heterocycles. The van der Waals surface area contributed by atoms with E-state index in [9.17, 15) is 9.59 Å². The highest BCUT2D eigenvalue weighted by Crippen LogP contribution is 2.28. The lowest BCUT2D eigenvalue weighted by molar-refractivity contribution is -0.680. The smallest absolute Gasteiger partial charge is 0.291 e. The summed E-state index contributed by atoms with van der Waals surface area (Å²) in [6, 6.07) is 7.38. The summed E-state index contributed by atoms with van der Waals surface area (Å²) in [7, 11) is 0. The van der Waals surface area contributed by atoms with Crippen molar-refractivity contribution in [3.8, 4) is 0 Å². The average Bonchev–Trinajstić information content (AvgIpc) is 3.05. The van der Waals surface area contributed by atoms with Crippen molar-refractivity contribution in [3.05, 3.63) is 81.3 Å². The summed E-state index contributed by atoms with van der Waals surface area (Å²) in [4.78, 5) is 30.6. The molecule has 0 radical (unpaired) electrons. The van der Waals surface area contributed by atoms with Crippen LogP contribution in [0.15, 0.2) is 58.4 Å². The van der Waals surface area contributed by atoms with Crippen LogP contribution in [-0.2, 0) is 13.0 Å². The molecule has 4 rings (SSSR count). The van der Waals surface area contributed by atoms with Crippen LogP contribution in [0.1, 0.15) is 40.1 Å². The number of nitrogens with zero attached hydrogens (tertiary/aromatic N) is 3. The standard InChI is InChI=1S/C22H22N3O2/c1-4-17-15(3)24(13-20(26)16-11-9-14(2)10-12-16)22-23-18-7-5-6-8-19(18)25(22)21(17)27/h5-12,19H,4,13H2,1-3H3/q+1. The number of hydrogen-bond acceptors (Lipinski definition) is 3. The number of fused-ring (bicyclic) bond motifs is 3. The van der Waals surface area contributed by atoms with Gasteiger partial charge in [-0.15, -0.1) is 0 Å². The van der Waals surface area contributed by atoms with Crippen molar-refractivity contribution in [3.63, 3.8) is 0 Å². The van der Waals surface area contributed by atoms with E-state index in [0.717, 1.165) is 22.5 Å². The molecule has 0 amide bonds. The van der Waals surface area contributed by atoms with Gasteiger partial charge in [0.1, 0.15) is 6.54 Å². The van der Waals surface area contributed by atoms with Crippen molar-refractivity contribution in [2.75, 3.05) is 0 Å². The lowest BCUT2D eigenvalue weighted by atomic mass is 10.1. The van der Waals surface area contributed by atoms with Crippen LogP contribution < -0.4 is 10.1 Å².